The van der Waals surface area contributed by atoms with E-state index in [1.807, 2.05) is 32.0 Å². The smallest absolute Gasteiger partial charge is 0.252 e. The Morgan fingerprint density at radius 3 is 2.48 bits per heavy atom. The molecule has 5 nitrogen and oxygen atoms in total. The molecule has 0 spiro atoms. The minimum absolute atomic E-state index is 0.0997. The SMILES string of the molecule is Cc1ccc(CNC(=O)c2cc(S(N)(=O)=O)ccc2Br)c(C)c1. The van der Waals surface area contributed by atoms with E-state index >= 15 is 0 Å². The van der Waals surface area contributed by atoms with Gasteiger partial charge in [0.15, 0.2) is 0 Å². The highest BCUT2D eigenvalue weighted by Gasteiger charge is 2.15. The van der Waals surface area contributed by atoms with E-state index in [2.05, 4.69) is 21.2 Å². The zero-order valence-corrected chi connectivity index (χ0v) is 15.2. The standard InChI is InChI=1S/C16H17BrN2O3S/c1-10-3-4-12(11(2)7-10)9-19-16(20)14-8-13(23(18,21)22)5-6-15(14)17/h3-8H,9H2,1-2H3,(H,19,20)(H2,18,21,22). The van der Waals surface area contributed by atoms with E-state index in [0.717, 1.165) is 16.7 Å². The highest BCUT2D eigenvalue weighted by atomic mass is 79.9. The molecule has 0 atom stereocenters. The summed E-state index contributed by atoms with van der Waals surface area (Å²) in [6.07, 6.45) is 0. The summed E-state index contributed by atoms with van der Waals surface area (Å²) >= 11 is 3.25. The summed E-state index contributed by atoms with van der Waals surface area (Å²) in [7, 11) is -3.86. The Morgan fingerprint density at radius 2 is 1.87 bits per heavy atom. The summed E-state index contributed by atoms with van der Waals surface area (Å²) in [5.74, 6) is -0.373. The molecular weight excluding hydrogens is 380 g/mol. The highest BCUT2D eigenvalue weighted by Crippen LogP contribution is 2.20. The Hall–Kier alpha value is -1.70. The summed E-state index contributed by atoms with van der Waals surface area (Å²) in [6, 6.07) is 10.1. The second kappa shape index (κ2) is 6.82. The molecule has 0 saturated heterocycles. The largest absolute Gasteiger partial charge is 0.348 e. The van der Waals surface area contributed by atoms with Crippen molar-refractivity contribution < 1.29 is 13.2 Å². The number of carbonyl (C=O) groups excluding carboxylic acids is 1. The third-order valence-corrected chi connectivity index (χ3v) is 5.05. The van der Waals surface area contributed by atoms with E-state index in [9.17, 15) is 13.2 Å². The summed E-state index contributed by atoms with van der Waals surface area (Å²) in [6.45, 7) is 4.34. The van der Waals surface area contributed by atoms with Crippen LogP contribution < -0.4 is 10.5 Å². The highest BCUT2D eigenvalue weighted by molar-refractivity contribution is 9.10. The third kappa shape index (κ3) is 4.40. The number of aryl methyl sites for hydroxylation is 2. The number of benzene rings is 2. The van der Waals surface area contributed by atoms with Crippen LogP contribution in [0.25, 0.3) is 0 Å². The lowest BCUT2D eigenvalue weighted by Crippen LogP contribution is -2.24. The van der Waals surface area contributed by atoms with Crippen LogP contribution in [0.3, 0.4) is 0 Å². The number of halogens is 1. The lowest BCUT2D eigenvalue weighted by atomic mass is 10.1. The molecule has 0 aliphatic rings. The van der Waals surface area contributed by atoms with Crippen LogP contribution >= 0.6 is 15.9 Å². The van der Waals surface area contributed by atoms with E-state index in [0.29, 0.717) is 11.0 Å². The van der Waals surface area contributed by atoms with Gasteiger partial charge in [-0.1, -0.05) is 23.8 Å². The summed E-state index contributed by atoms with van der Waals surface area (Å²) in [5, 5.41) is 7.89. The molecule has 2 aromatic rings. The van der Waals surface area contributed by atoms with Crippen LogP contribution in [-0.2, 0) is 16.6 Å². The second-order valence-corrected chi connectivity index (χ2v) is 7.72. The van der Waals surface area contributed by atoms with Gasteiger partial charge in [0.2, 0.25) is 10.0 Å². The molecule has 0 aromatic heterocycles. The number of nitrogens with one attached hydrogen (secondary N) is 1. The number of nitrogens with two attached hydrogens (primary N) is 1. The molecule has 7 heteroatoms. The first-order valence-corrected chi connectivity index (χ1v) is 9.19. The molecule has 0 bridgehead atoms. The molecule has 0 heterocycles. The summed E-state index contributed by atoms with van der Waals surface area (Å²) in [4.78, 5) is 12.2. The number of carbonyl (C=O) groups is 1. The van der Waals surface area contributed by atoms with Gasteiger partial charge in [-0.3, -0.25) is 4.79 Å². The van der Waals surface area contributed by atoms with Crippen molar-refractivity contribution in [2.75, 3.05) is 0 Å². The van der Waals surface area contributed by atoms with Crippen LogP contribution in [0.1, 0.15) is 27.0 Å². The molecule has 1 amide bonds. The third-order valence-electron chi connectivity index (χ3n) is 3.45. The van der Waals surface area contributed by atoms with Crippen molar-refractivity contribution in [2.45, 2.75) is 25.3 Å². The number of primary sulfonamides is 1. The molecule has 0 fully saturated rings. The predicted octanol–water partition coefficient (Wildman–Crippen LogP) is 2.64. The number of amides is 1. The molecule has 0 saturated carbocycles. The Labute approximate surface area is 144 Å². The number of hydrogen-bond acceptors (Lipinski definition) is 3. The Bertz CT molecular complexity index is 864. The molecule has 0 aliphatic heterocycles. The van der Waals surface area contributed by atoms with Crippen molar-refractivity contribution in [3.8, 4) is 0 Å². The van der Waals surface area contributed by atoms with Gasteiger partial charge >= 0.3 is 0 Å². The second-order valence-electron chi connectivity index (χ2n) is 5.30. The first-order chi connectivity index (χ1) is 10.7. The van der Waals surface area contributed by atoms with Gasteiger partial charge in [0.05, 0.1) is 10.5 Å². The van der Waals surface area contributed by atoms with Gasteiger partial charge in [0, 0.05) is 11.0 Å². The average Bonchev–Trinajstić information content (AvgIpc) is 2.45. The predicted molar refractivity (Wildman–Crippen MR) is 92.6 cm³/mol. The van der Waals surface area contributed by atoms with Gasteiger partial charge in [0.1, 0.15) is 0 Å². The fraction of sp³-hybridized carbons (Fsp3) is 0.188. The maximum atomic E-state index is 12.3. The van der Waals surface area contributed by atoms with Crippen LogP contribution in [0.4, 0.5) is 0 Å². The van der Waals surface area contributed by atoms with E-state index in [-0.39, 0.29) is 16.4 Å². The molecule has 0 radical (unpaired) electrons. The normalized spacial score (nSPS) is 11.3. The first-order valence-electron chi connectivity index (χ1n) is 6.85. The van der Waals surface area contributed by atoms with Crippen LogP contribution in [0, 0.1) is 13.8 Å². The Kier molecular flexibility index (Phi) is 5.23. The molecular formula is C16H17BrN2O3S. The summed E-state index contributed by atoms with van der Waals surface area (Å²) < 4.78 is 23.3. The fourth-order valence-corrected chi connectivity index (χ4v) is 3.14. The van der Waals surface area contributed by atoms with E-state index in [4.69, 9.17) is 5.14 Å². The van der Waals surface area contributed by atoms with Gasteiger partial charge in [-0.25, -0.2) is 13.6 Å². The fourth-order valence-electron chi connectivity index (χ4n) is 2.17. The van der Waals surface area contributed by atoms with E-state index in [1.165, 1.54) is 18.2 Å². The average molecular weight is 397 g/mol. The van der Waals surface area contributed by atoms with Crippen molar-refractivity contribution in [2.24, 2.45) is 5.14 Å². The van der Waals surface area contributed by atoms with Crippen LogP contribution in [0.15, 0.2) is 45.8 Å². The first kappa shape index (κ1) is 17.7. The molecule has 122 valence electrons. The number of sulfonamides is 1. The molecule has 2 rings (SSSR count). The van der Waals surface area contributed by atoms with Gasteiger partial charge in [-0.2, -0.15) is 0 Å². The number of rotatable bonds is 4. The number of hydrogen-bond donors (Lipinski definition) is 2. The van der Waals surface area contributed by atoms with Gasteiger partial charge in [0.25, 0.3) is 5.91 Å². The van der Waals surface area contributed by atoms with Crippen molar-refractivity contribution in [3.63, 3.8) is 0 Å². The zero-order chi connectivity index (χ0) is 17.2. The van der Waals surface area contributed by atoms with Crippen molar-refractivity contribution in [1.29, 1.82) is 0 Å². The Morgan fingerprint density at radius 1 is 1.17 bits per heavy atom. The molecule has 3 N–H and O–H groups in total. The van der Waals surface area contributed by atoms with Gasteiger partial charge in [-0.15, -0.1) is 0 Å². The zero-order valence-electron chi connectivity index (χ0n) is 12.8. The van der Waals surface area contributed by atoms with Crippen LogP contribution in [0.2, 0.25) is 0 Å². The van der Waals surface area contributed by atoms with Gasteiger partial charge in [-0.05, 0) is 59.1 Å². The maximum Gasteiger partial charge on any atom is 0.252 e. The van der Waals surface area contributed by atoms with Gasteiger partial charge < -0.3 is 5.32 Å². The van der Waals surface area contributed by atoms with Crippen LogP contribution in [-0.4, -0.2) is 14.3 Å². The van der Waals surface area contributed by atoms with E-state index in [1.54, 1.807) is 0 Å². The van der Waals surface area contributed by atoms with Crippen molar-refractivity contribution in [3.05, 3.63) is 63.1 Å². The Balaban J connectivity index is 2.21. The molecule has 23 heavy (non-hydrogen) atoms. The topological polar surface area (TPSA) is 89.3 Å². The quantitative estimate of drug-likeness (QED) is 0.831. The van der Waals surface area contributed by atoms with Crippen LogP contribution in [0.5, 0.6) is 0 Å². The lowest BCUT2D eigenvalue weighted by molar-refractivity contribution is 0.0950. The maximum absolute atomic E-state index is 12.3. The minimum Gasteiger partial charge on any atom is -0.348 e. The monoisotopic (exact) mass is 396 g/mol. The van der Waals surface area contributed by atoms with E-state index < -0.39 is 10.0 Å². The van der Waals surface area contributed by atoms with Crippen molar-refractivity contribution in [1.82, 2.24) is 5.32 Å². The molecule has 0 aliphatic carbocycles. The summed E-state index contributed by atoms with van der Waals surface area (Å²) in [5.41, 5.74) is 3.47. The molecule has 0 unspecified atom stereocenters. The lowest BCUT2D eigenvalue weighted by Gasteiger charge is -2.10. The molecule has 2 aromatic carbocycles. The minimum atomic E-state index is -3.86. The van der Waals surface area contributed by atoms with Crippen molar-refractivity contribution >= 4 is 31.9 Å².